The summed E-state index contributed by atoms with van der Waals surface area (Å²) in [5, 5.41) is 16.3. The van der Waals surface area contributed by atoms with Crippen molar-refractivity contribution in [3.8, 4) is 5.75 Å². The number of hydrogen-bond acceptors (Lipinski definition) is 3. The summed E-state index contributed by atoms with van der Waals surface area (Å²) in [5.74, 6) is 1.70. The number of nitrogens with zero attached hydrogens (tertiary/aromatic N) is 1. The Bertz CT molecular complexity index is 534. The number of guanidine groups is 1. The molecule has 1 aromatic rings. The van der Waals surface area contributed by atoms with Gasteiger partial charge in [0.25, 0.3) is 0 Å². The summed E-state index contributed by atoms with van der Waals surface area (Å²) < 4.78 is 5.40. The summed E-state index contributed by atoms with van der Waals surface area (Å²) in [7, 11) is 1.69. The van der Waals surface area contributed by atoms with Gasteiger partial charge < -0.3 is 20.5 Å². The molecule has 0 heterocycles. The molecule has 5 heteroatoms. The summed E-state index contributed by atoms with van der Waals surface area (Å²) in [4.78, 5) is 4.72. The Hall–Kier alpha value is -1.75. The standard InChI is InChI=1S/C20H33N3O2/c1-3-21-19(22-15-17-9-5-6-10-18(17)25-2)23-16-20(13-14-24)11-7-4-8-12-20/h5-6,9-10,24H,3-4,7-8,11-16H2,1-2H3,(H2,21,22,23). The molecule has 1 aliphatic rings. The molecule has 1 fully saturated rings. The zero-order valence-electron chi connectivity index (χ0n) is 15.7. The lowest BCUT2D eigenvalue weighted by molar-refractivity contribution is 0.131. The van der Waals surface area contributed by atoms with E-state index in [9.17, 15) is 5.11 Å². The van der Waals surface area contributed by atoms with Gasteiger partial charge in [0.2, 0.25) is 0 Å². The first-order valence-electron chi connectivity index (χ1n) is 9.48. The Morgan fingerprint density at radius 2 is 1.96 bits per heavy atom. The SMILES string of the molecule is CCNC(=NCc1ccccc1OC)NCC1(CCO)CCCCC1. The fraction of sp³-hybridized carbons (Fsp3) is 0.650. The molecular formula is C20H33N3O2. The normalized spacial score (nSPS) is 17.2. The number of methoxy groups -OCH3 is 1. The van der Waals surface area contributed by atoms with Gasteiger partial charge in [0, 0.05) is 25.3 Å². The first-order chi connectivity index (χ1) is 12.2. The number of ether oxygens (including phenoxy) is 1. The maximum Gasteiger partial charge on any atom is 0.191 e. The van der Waals surface area contributed by atoms with Crippen LogP contribution in [0.15, 0.2) is 29.3 Å². The number of aliphatic hydroxyl groups is 1. The Labute approximate surface area is 151 Å². The van der Waals surface area contributed by atoms with E-state index in [1.165, 1.54) is 32.1 Å². The molecule has 0 bridgehead atoms. The molecule has 1 saturated carbocycles. The van der Waals surface area contributed by atoms with Gasteiger partial charge in [-0.2, -0.15) is 0 Å². The zero-order chi connectivity index (χ0) is 18.0. The Morgan fingerprint density at radius 1 is 1.20 bits per heavy atom. The zero-order valence-corrected chi connectivity index (χ0v) is 15.7. The van der Waals surface area contributed by atoms with Crippen molar-refractivity contribution in [1.82, 2.24) is 10.6 Å². The van der Waals surface area contributed by atoms with Crippen LogP contribution in [-0.2, 0) is 6.54 Å². The number of hydrogen-bond donors (Lipinski definition) is 3. The summed E-state index contributed by atoms with van der Waals surface area (Å²) in [6, 6.07) is 7.98. The second-order valence-electron chi connectivity index (χ2n) is 6.89. The number of aliphatic hydroxyl groups excluding tert-OH is 1. The lowest BCUT2D eigenvalue weighted by atomic mass is 9.72. The molecule has 0 atom stereocenters. The molecule has 0 spiro atoms. The van der Waals surface area contributed by atoms with Gasteiger partial charge in [-0.1, -0.05) is 37.5 Å². The molecule has 0 saturated heterocycles. The van der Waals surface area contributed by atoms with Crippen LogP contribution in [0, 0.1) is 5.41 Å². The van der Waals surface area contributed by atoms with Crippen LogP contribution in [-0.4, -0.2) is 37.9 Å². The van der Waals surface area contributed by atoms with Crippen molar-refractivity contribution in [2.24, 2.45) is 10.4 Å². The van der Waals surface area contributed by atoms with Crippen molar-refractivity contribution in [3.63, 3.8) is 0 Å². The van der Waals surface area contributed by atoms with Crippen molar-refractivity contribution in [2.45, 2.75) is 52.0 Å². The first kappa shape index (κ1) is 19.6. The van der Waals surface area contributed by atoms with Gasteiger partial charge in [-0.05, 0) is 37.7 Å². The van der Waals surface area contributed by atoms with Crippen LogP contribution in [0.1, 0.15) is 51.0 Å². The van der Waals surface area contributed by atoms with Gasteiger partial charge in [-0.15, -0.1) is 0 Å². The average molecular weight is 348 g/mol. The van der Waals surface area contributed by atoms with E-state index in [4.69, 9.17) is 9.73 Å². The minimum atomic E-state index is 0.202. The van der Waals surface area contributed by atoms with Crippen molar-refractivity contribution in [3.05, 3.63) is 29.8 Å². The highest BCUT2D eigenvalue weighted by Gasteiger charge is 2.31. The van der Waals surface area contributed by atoms with E-state index < -0.39 is 0 Å². The topological polar surface area (TPSA) is 65.9 Å². The maximum atomic E-state index is 9.47. The van der Waals surface area contributed by atoms with Crippen molar-refractivity contribution < 1.29 is 9.84 Å². The number of aliphatic imine (C=N–C) groups is 1. The van der Waals surface area contributed by atoms with Gasteiger partial charge in [0.05, 0.1) is 13.7 Å². The summed E-state index contributed by atoms with van der Waals surface area (Å²) in [6.45, 7) is 4.60. The van der Waals surface area contributed by atoms with Gasteiger partial charge in [0.1, 0.15) is 5.75 Å². The van der Waals surface area contributed by atoms with E-state index in [2.05, 4.69) is 17.6 Å². The summed E-state index contributed by atoms with van der Waals surface area (Å²) >= 11 is 0. The highest BCUT2D eigenvalue weighted by molar-refractivity contribution is 5.79. The second kappa shape index (κ2) is 10.3. The van der Waals surface area contributed by atoms with Crippen LogP contribution >= 0.6 is 0 Å². The van der Waals surface area contributed by atoms with Gasteiger partial charge in [0.15, 0.2) is 5.96 Å². The van der Waals surface area contributed by atoms with Gasteiger partial charge in [-0.25, -0.2) is 4.99 Å². The lowest BCUT2D eigenvalue weighted by Crippen LogP contribution is -2.44. The predicted molar refractivity (Wildman–Crippen MR) is 103 cm³/mol. The van der Waals surface area contributed by atoms with E-state index in [0.29, 0.717) is 6.54 Å². The number of para-hydroxylation sites is 1. The molecule has 5 nitrogen and oxygen atoms in total. The van der Waals surface area contributed by atoms with Crippen LogP contribution in [0.25, 0.3) is 0 Å². The Kier molecular flexibility index (Phi) is 8.06. The maximum absolute atomic E-state index is 9.47. The van der Waals surface area contributed by atoms with Crippen molar-refractivity contribution in [1.29, 1.82) is 0 Å². The van der Waals surface area contributed by atoms with Crippen LogP contribution in [0.3, 0.4) is 0 Å². The largest absolute Gasteiger partial charge is 0.496 e. The number of rotatable bonds is 8. The van der Waals surface area contributed by atoms with E-state index in [0.717, 1.165) is 36.8 Å². The van der Waals surface area contributed by atoms with Crippen molar-refractivity contribution in [2.75, 3.05) is 26.8 Å². The minimum absolute atomic E-state index is 0.202. The van der Waals surface area contributed by atoms with E-state index in [1.807, 2.05) is 24.3 Å². The van der Waals surface area contributed by atoms with E-state index in [1.54, 1.807) is 7.11 Å². The molecule has 0 amide bonds. The quantitative estimate of drug-likeness (QED) is 0.499. The third-order valence-electron chi connectivity index (χ3n) is 5.13. The Balaban J connectivity index is 2.01. The third-order valence-corrected chi connectivity index (χ3v) is 5.13. The molecular weight excluding hydrogens is 314 g/mol. The minimum Gasteiger partial charge on any atom is -0.496 e. The third kappa shape index (κ3) is 5.92. The number of nitrogens with one attached hydrogen (secondary N) is 2. The molecule has 3 N–H and O–H groups in total. The lowest BCUT2D eigenvalue weighted by Gasteiger charge is -2.37. The van der Waals surface area contributed by atoms with Crippen LogP contribution in [0.4, 0.5) is 0 Å². The highest BCUT2D eigenvalue weighted by Crippen LogP contribution is 2.38. The molecule has 1 aliphatic carbocycles. The fourth-order valence-electron chi connectivity index (χ4n) is 3.66. The monoisotopic (exact) mass is 347 g/mol. The fourth-order valence-corrected chi connectivity index (χ4v) is 3.66. The van der Waals surface area contributed by atoms with E-state index >= 15 is 0 Å². The second-order valence-corrected chi connectivity index (χ2v) is 6.89. The molecule has 0 radical (unpaired) electrons. The Morgan fingerprint density at radius 3 is 2.64 bits per heavy atom. The van der Waals surface area contributed by atoms with E-state index in [-0.39, 0.29) is 12.0 Å². The summed E-state index contributed by atoms with van der Waals surface area (Å²) in [5.41, 5.74) is 1.28. The molecule has 0 unspecified atom stereocenters. The van der Waals surface area contributed by atoms with Crippen LogP contribution < -0.4 is 15.4 Å². The highest BCUT2D eigenvalue weighted by atomic mass is 16.5. The average Bonchev–Trinajstić information content (AvgIpc) is 2.65. The van der Waals surface area contributed by atoms with Gasteiger partial charge in [-0.3, -0.25) is 0 Å². The molecule has 0 aromatic heterocycles. The number of benzene rings is 1. The van der Waals surface area contributed by atoms with Gasteiger partial charge >= 0.3 is 0 Å². The summed E-state index contributed by atoms with van der Waals surface area (Å²) in [6.07, 6.45) is 7.08. The molecule has 2 rings (SSSR count). The van der Waals surface area contributed by atoms with Crippen LogP contribution in [0.2, 0.25) is 0 Å². The molecule has 25 heavy (non-hydrogen) atoms. The van der Waals surface area contributed by atoms with Crippen molar-refractivity contribution >= 4 is 5.96 Å². The molecule has 140 valence electrons. The first-order valence-corrected chi connectivity index (χ1v) is 9.48. The molecule has 1 aromatic carbocycles. The smallest absolute Gasteiger partial charge is 0.191 e. The molecule has 0 aliphatic heterocycles. The predicted octanol–water partition coefficient (Wildman–Crippen LogP) is 3.08. The van der Waals surface area contributed by atoms with Crippen LogP contribution in [0.5, 0.6) is 5.75 Å².